The number of furan rings is 1. The number of carbonyl (C=O) groups is 2. The molecule has 0 spiro atoms. The number of hydrogen-bond donors (Lipinski definition) is 1. The fourth-order valence-corrected chi connectivity index (χ4v) is 4.92. The van der Waals surface area contributed by atoms with Crippen LogP contribution >= 0.6 is 0 Å². The maximum atomic E-state index is 13.4. The number of aliphatic hydroxyl groups is 1. The van der Waals surface area contributed by atoms with E-state index in [1.165, 1.54) is 11.2 Å². The zero-order chi connectivity index (χ0) is 26.8. The molecule has 0 saturated carbocycles. The van der Waals surface area contributed by atoms with Crippen molar-refractivity contribution in [1.29, 1.82) is 0 Å². The molecule has 1 amide bonds. The van der Waals surface area contributed by atoms with E-state index < -0.39 is 17.7 Å². The van der Waals surface area contributed by atoms with E-state index in [0.717, 1.165) is 11.3 Å². The number of rotatable bonds is 9. The van der Waals surface area contributed by atoms with Crippen molar-refractivity contribution in [3.8, 4) is 17.2 Å². The maximum absolute atomic E-state index is 13.4. The lowest BCUT2D eigenvalue weighted by atomic mass is 9.94. The number of benzene rings is 2. The summed E-state index contributed by atoms with van der Waals surface area (Å²) in [7, 11) is 0. The summed E-state index contributed by atoms with van der Waals surface area (Å²) >= 11 is 0. The number of hydrogen-bond acceptors (Lipinski definition) is 7. The summed E-state index contributed by atoms with van der Waals surface area (Å²) in [4.78, 5) is 28.1. The number of aliphatic hydroxyl groups excluding tert-OH is 1. The Morgan fingerprint density at radius 2 is 2.00 bits per heavy atom. The van der Waals surface area contributed by atoms with Crippen LogP contribution in [-0.2, 0) is 22.6 Å². The van der Waals surface area contributed by atoms with E-state index in [1.807, 2.05) is 19.9 Å². The Morgan fingerprint density at radius 3 is 2.74 bits per heavy atom. The third-order valence-corrected chi connectivity index (χ3v) is 6.56. The normalized spacial score (nSPS) is 19.8. The Hall–Kier alpha value is -4.46. The summed E-state index contributed by atoms with van der Waals surface area (Å²) in [6.07, 6.45) is 3.86. The Balaban J connectivity index is 1.63. The first kappa shape index (κ1) is 25.2. The molecule has 3 heterocycles. The van der Waals surface area contributed by atoms with Crippen LogP contribution in [0.5, 0.6) is 17.2 Å². The number of carbonyl (C=O) groups excluding carboxylic acids is 2. The zero-order valence-electron chi connectivity index (χ0n) is 21.3. The number of fused-ring (bicyclic) bond motifs is 1. The molecule has 0 unspecified atom stereocenters. The minimum atomic E-state index is -0.879. The van der Waals surface area contributed by atoms with Crippen molar-refractivity contribution in [1.82, 2.24) is 4.90 Å². The van der Waals surface area contributed by atoms with E-state index in [1.54, 1.807) is 48.5 Å². The van der Waals surface area contributed by atoms with Crippen molar-refractivity contribution in [3.63, 3.8) is 0 Å². The van der Waals surface area contributed by atoms with Crippen LogP contribution in [0.15, 0.2) is 77.4 Å². The molecule has 0 radical (unpaired) electrons. The highest BCUT2D eigenvalue weighted by Crippen LogP contribution is 2.43. The molecule has 1 N–H and O–H groups in total. The summed E-state index contributed by atoms with van der Waals surface area (Å²) in [5, 5.41) is 11.5. The van der Waals surface area contributed by atoms with Gasteiger partial charge in [-0.2, -0.15) is 0 Å². The van der Waals surface area contributed by atoms with Crippen LogP contribution in [0.2, 0.25) is 0 Å². The quantitative estimate of drug-likeness (QED) is 0.181. The van der Waals surface area contributed by atoms with Gasteiger partial charge in [-0.15, -0.1) is 0 Å². The number of nitrogens with zero attached hydrogens (tertiary/aromatic N) is 1. The van der Waals surface area contributed by atoms with Crippen LogP contribution in [-0.4, -0.2) is 41.0 Å². The van der Waals surface area contributed by atoms with Gasteiger partial charge in [0, 0.05) is 12.0 Å². The summed E-state index contributed by atoms with van der Waals surface area (Å²) < 4.78 is 22.8. The number of ketones is 1. The van der Waals surface area contributed by atoms with Gasteiger partial charge >= 0.3 is 0 Å². The molecular weight excluding hydrogens is 486 g/mol. The van der Waals surface area contributed by atoms with Gasteiger partial charge in [-0.25, -0.2) is 0 Å². The van der Waals surface area contributed by atoms with Crippen LogP contribution in [0.4, 0.5) is 0 Å². The second-order valence-corrected chi connectivity index (χ2v) is 9.20. The van der Waals surface area contributed by atoms with Crippen LogP contribution < -0.4 is 14.2 Å². The topological polar surface area (TPSA) is 98.4 Å². The van der Waals surface area contributed by atoms with Gasteiger partial charge in [0.15, 0.2) is 11.5 Å². The average Bonchev–Trinajstić information content (AvgIpc) is 3.62. The Kier molecular flexibility index (Phi) is 6.96. The van der Waals surface area contributed by atoms with E-state index >= 15 is 0 Å². The minimum Gasteiger partial charge on any atom is -0.507 e. The van der Waals surface area contributed by atoms with Gasteiger partial charge in [-0.05, 0) is 67.4 Å². The van der Waals surface area contributed by atoms with Crippen molar-refractivity contribution in [2.24, 2.45) is 0 Å². The highest BCUT2D eigenvalue weighted by molar-refractivity contribution is 6.46. The lowest BCUT2D eigenvalue weighted by Crippen LogP contribution is -2.29. The lowest BCUT2D eigenvalue weighted by molar-refractivity contribution is -0.140. The van der Waals surface area contributed by atoms with Crippen LogP contribution in [0, 0.1) is 0 Å². The number of Topliss-reactive ketones (excluding diaryl/α,β-unsaturated/α-hetero) is 1. The van der Waals surface area contributed by atoms with E-state index in [0.29, 0.717) is 41.4 Å². The zero-order valence-corrected chi connectivity index (χ0v) is 21.3. The molecule has 2 aliphatic rings. The van der Waals surface area contributed by atoms with Crippen molar-refractivity contribution < 1.29 is 33.3 Å². The monoisotopic (exact) mass is 515 g/mol. The largest absolute Gasteiger partial charge is 0.507 e. The highest BCUT2D eigenvalue weighted by Gasteiger charge is 2.46. The highest BCUT2D eigenvalue weighted by atomic mass is 16.5. The van der Waals surface area contributed by atoms with E-state index in [4.69, 9.17) is 18.6 Å². The fourth-order valence-electron chi connectivity index (χ4n) is 4.92. The molecule has 1 saturated heterocycles. The minimum absolute atomic E-state index is 0.00400. The molecule has 38 heavy (non-hydrogen) atoms. The van der Waals surface area contributed by atoms with Crippen LogP contribution in [0.25, 0.3) is 5.76 Å². The van der Waals surface area contributed by atoms with Gasteiger partial charge in [0.2, 0.25) is 0 Å². The third-order valence-electron chi connectivity index (χ3n) is 6.56. The van der Waals surface area contributed by atoms with Gasteiger partial charge in [-0.1, -0.05) is 18.7 Å². The smallest absolute Gasteiger partial charge is 0.296 e. The van der Waals surface area contributed by atoms with E-state index in [9.17, 15) is 14.7 Å². The molecule has 1 fully saturated rings. The molecule has 8 heteroatoms. The van der Waals surface area contributed by atoms with Gasteiger partial charge in [0.1, 0.15) is 30.0 Å². The molecule has 0 aliphatic carbocycles. The molecular formula is C30H29NO7. The summed E-state index contributed by atoms with van der Waals surface area (Å²) in [5.41, 5.74) is 1.96. The summed E-state index contributed by atoms with van der Waals surface area (Å²) in [5.74, 6) is 0.481. The SMILES string of the molecule is C=CCOc1ccc([C@H]2C(=C(O)c3ccc4c(c3)C[C@@H](C)O4)C(=O)C(=O)N2Cc2ccco2)cc1OCC. The molecule has 3 aromatic rings. The van der Waals surface area contributed by atoms with Gasteiger partial charge in [0.25, 0.3) is 11.7 Å². The van der Waals surface area contributed by atoms with Gasteiger partial charge in [-0.3, -0.25) is 9.59 Å². The first-order valence-corrected chi connectivity index (χ1v) is 12.5. The van der Waals surface area contributed by atoms with Crippen molar-refractivity contribution in [2.75, 3.05) is 13.2 Å². The molecule has 2 atom stereocenters. The Labute approximate surface area is 220 Å². The Bertz CT molecular complexity index is 1410. The van der Waals surface area contributed by atoms with Crippen molar-refractivity contribution in [2.45, 2.75) is 39.0 Å². The maximum Gasteiger partial charge on any atom is 0.296 e. The number of ether oxygens (including phenoxy) is 3. The van der Waals surface area contributed by atoms with Crippen LogP contribution in [0.1, 0.15) is 42.3 Å². The number of likely N-dealkylation sites (tertiary alicyclic amines) is 1. The summed E-state index contributed by atoms with van der Waals surface area (Å²) in [6, 6.07) is 13.1. The predicted molar refractivity (Wildman–Crippen MR) is 140 cm³/mol. The molecule has 5 rings (SSSR count). The molecule has 8 nitrogen and oxygen atoms in total. The fraction of sp³-hybridized carbons (Fsp3) is 0.267. The molecule has 0 bridgehead atoms. The molecule has 1 aromatic heterocycles. The first-order chi connectivity index (χ1) is 18.4. The Morgan fingerprint density at radius 1 is 1.16 bits per heavy atom. The molecule has 2 aromatic carbocycles. The molecule has 196 valence electrons. The number of amides is 1. The first-order valence-electron chi connectivity index (χ1n) is 12.5. The third kappa shape index (κ3) is 4.65. The van der Waals surface area contributed by atoms with Crippen molar-refractivity contribution >= 4 is 17.4 Å². The second kappa shape index (κ2) is 10.5. The average molecular weight is 516 g/mol. The standard InChI is InChI=1S/C30H29NO7/c1-4-12-37-24-11-8-19(16-25(24)35-5-2)27-26(29(33)30(34)31(27)17-22-7-6-13-36-22)28(32)20-9-10-23-21(15-20)14-18(3)38-23/h4,6-11,13,15-16,18,27,32H,1,5,12,14,17H2,2-3H3/t18-,27+/m1/s1. The van der Waals surface area contributed by atoms with E-state index in [-0.39, 0.29) is 30.6 Å². The van der Waals surface area contributed by atoms with E-state index in [2.05, 4.69) is 6.58 Å². The van der Waals surface area contributed by atoms with Gasteiger partial charge < -0.3 is 28.6 Å². The second-order valence-electron chi connectivity index (χ2n) is 9.20. The predicted octanol–water partition coefficient (Wildman–Crippen LogP) is 5.19. The summed E-state index contributed by atoms with van der Waals surface area (Å²) in [6.45, 7) is 8.23. The van der Waals surface area contributed by atoms with Gasteiger partial charge in [0.05, 0.1) is 31.0 Å². The lowest BCUT2D eigenvalue weighted by Gasteiger charge is -2.25. The van der Waals surface area contributed by atoms with Crippen LogP contribution in [0.3, 0.4) is 0 Å². The molecule has 2 aliphatic heterocycles. The van der Waals surface area contributed by atoms with Crippen molar-refractivity contribution in [3.05, 3.63) is 95.5 Å².